The molecule has 2 aromatic heterocycles. The third kappa shape index (κ3) is 4.48. The Morgan fingerprint density at radius 3 is 2.92 bits per heavy atom. The first-order valence-electron chi connectivity index (χ1n) is 7.29. The van der Waals surface area contributed by atoms with Crippen LogP contribution in [0, 0.1) is 0 Å². The molecule has 10 heteroatoms. The predicted octanol–water partition coefficient (Wildman–Crippen LogP) is 3.76. The molecule has 0 bridgehead atoms. The first kappa shape index (κ1) is 18.6. The summed E-state index contributed by atoms with van der Waals surface area (Å²) in [6, 6.07) is 5.04. The van der Waals surface area contributed by atoms with Gasteiger partial charge in [-0.05, 0) is 18.2 Å². The van der Waals surface area contributed by atoms with Crippen LogP contribution in [0.3, 0.4) is 0 Å². The predicted molar refractivity (Wildman–Crippen MR) is 102 cm³/mol. The first-order valence-corrected chi connectivity index (χ1v) is 9.34. The number of rotatable bonds is 5. The summed E-state index contributed by atoms with van der Waals surface area (Å²) in [7, 11) is 1.79. The van der Waals surface area contributed by atoms with Crippen molar-refractivity contribution >= 4 is 56.4 Å². The van der Waals surface area contributed by atoms with Crippen LogP contribution in [0.15, 0.2) is 40.4 Å². The summed E-state index contributed by atoms with van der Waals surface area (Å²) < 4.78 is 7.44. The van der Waals surface area contributed by atoms with Gasteiger partial charge in [0.05, 0.1) is 16.9 Å². The molecule has 0 fully saturated rings. The van der Waals surface area contributed by atoms with E-state index in [0.29, 0.717) is 15.7 Å². The molecule has 0 spiro atoms. The quantitative estimate of drug-likeness (QED) is 0.592. The molecule has 7 nitrogen and oxygen atoms in total. The van der Waals surface area contributed by atoms with Crippen molar-refractivity contribution in [2.75, 3.05) is 11.9 Å². The van der Waals surface area contributed by atoms with Gasteiger partial charge in [-0.25, -0.2) is 9.78 Å². The van der Waals surface area contributed by atoms with Crippen molar-refractivity contribution in [3.63, 3.8) is 0 Å². The highest BCUT2D eigenvalue weighted by Gasteiger charge is 2.16. The monoisotopic (exact) mass is 454 g/mol. The number of carbonyl (C=O) groups is 2. The molecule has 26 heavy (non-hydrogen) atoms. The Kier molecular flexibility index (Phi) is 5.70. The maximum Gasteiger partial charge on any atom is 0.358 e. The molecule has 0 saturated heterocycles. The van der Waals surface area contributed by atoms with E-state index in [2.05, 4.69) is 31.3 Å². The number of aryl methyl sites for hydroxylation is 1. The molecule has 0 unspecified atom stereocenters. The van der Waals surface area contributed by atoms with E-state index in [4.69, 9.17) is 16.3 Å². The number of halogens is 2. The van der Waals surface area contributed by atoms with Crippen LogP contribution in [0.25, 0.3) is 10.6 Å². The zero-order valence-electron chi connectivity index (χ0n) is 13.4. The lowest BCUT2D eigenvalue weighted by molar-refractivity contribution is -0.119. The maximum atomic E-state index is 12.1. The molecule has 1 N–H and O–H groups in total. The molecule has 0 aliphatic rings. The molecule has 0 aliphatic heterocycles. The minimum atomic E-state index is -0.673. The molecule has 134 valence electrons. The largest absolute Gasteiger partial charge is 0.451 e. The van der Waals surface area contributed by atoms with Crippen LogP contribution >= 0.6 is 38.9 Å². The summed E-state index contributed by atoms with van der Waals surface area (Å²) in [4.78, 5) is 28.2. The van der Waals surface area contributed by atoms with E-state index >= 15 is 0 Å². The van der Waals surface area contributed by atoms with Crippen molar-refractivity contribution < 1.29 is 14.3 Å². The number of ether oxygens (including phenoxy) is 1. The normalized spacial score (nSPS) is 10.6. The van der Waals surface area contributed by atoms with Gasteiger partial charge in [0, 0.05) is 28.7 Å². The first-order chi connectivity index (χ1) is 12.4. The van der Waals surface area contributed by atoms with E-state index in [9.17, 15) is 9.59 Å². The maximum absolute atomic E-state index is 12.1. The third-order valence-electron chi connectivity index (χ3n) is 3.20. The summed E-state index contributed by atoms with van der Waals surface area (Å²) in [5, 5.41) is 9.24. The SMILES string of the molecule is Cn1cc(-c2nc(C(=O)OCC(=O)Nc3ccc(Br)cc3Cl)cs2)cn1. The average molecular weight is 456 g/mol. The third-order valence-corrected chi connectivity index (χ3v) is 4.90. The lowest BCUT2D eigenvalue weighted by Crippen LogP contribution is -2.21. The second kappa shape index (κ2) is 7.98. The second-order valence-corrected chi connectivity index (χ2v) is 7.37. The Morgan fingerprint density at radius 1 is 1.42 bits per heavy atom. The van der Waals surface area contributed by atoms with Crippen molar-refractivity contribution in [3.8, 4) is 10.6 Å². The van der Waals surface area contributed by atoms with Gasteiger partial charge in [0.25, 0.3) is 5.91 Å². The number of aromatic nitrogens is 3. The Balaban J connectivity index is 1.57. The molecule has 0 atom stereocenters. The van der Waals surface area contributed by atoms with Crippen LogP contribution in [0.5, 0.6) is 0 Å². The Hall–Kier alpha value is -2.23. The smallest absolute Gasteiger partial charge is 0.358 e. The van der Waals surface area contributed by atoms with Crippen molar-refractivity contribution in [1.29, 1.82) is 0 Å². The number of amides is 1. The summed E-state index contributed by atoms with van der Waals surface area (Å²) in [6.45, 7) is -0.440. The topological polar surface area (TPSA) is 86.1 Å². The van der Waals surface area contributed by atoms with Gasteiger partial charge >= 0.3 is 5.97 Å². The van der Waals surface area contributed by atoms with Crippen molar-refractivity contribution in [1.82, 2.24) is 14.8 Å². The highest BCUT2D eigenvalue weighted by atomic mass is 79.9. The number of hydrogen-bond acceptors (Lipinski definition) is 6. The molecule has 3 aromatic rings. The molecule has 0 radical (unpaired) electrons. The zero-order valence-corrected chi connectivity index (χ0v) is 16.6. The van der Waals surface area contributed by atoms with Crippen LogP contribution in [0.1, 0.15) is 10.5 Å². The van der Waals surface area contributed by atoms with Gasteiger partial charge in [0.1, 0.15) is 5.01 Å². The fourth-order valence-electron chi connectivity index (χ4n) is 2.01. The fourth-order valence-corrected chi connectivity index (χ4v) is 3.50. The molecule has 3 rings (SSSR count). The van der Waals surface area contributed by atoms with Crippen LogP contribution in [-0.4, -0.2) is 33.2 Å². The van der Waals surface area contributed by atoms with Gasteiger partial charge in [-0.3, -0.25) is 9.48 Å². The number of thiazole rings is 1. The average Bonchev–Trinajstić information content (AvgIpc) is 3.24. The Labute approximate surface area is 166 Å². The molecular formula is C16H12BrClN4O3S. The summed E-state index contributed by atoms with van der Waals surface area (Å²) >= 11 is 10.6. The molecule has 0 aliphatic carbocycles. The van der Waals surface area contributed by atoms with E-state index in [1.54, 1.807) is 47.7 Å². The van der Waals surface area contributed by atoms with Gasteiger partial charge in [-0.1, -0.05) is 27.5 Å². The van der Waals surface area contributed by atoms with Crippen molar-refractivity contribution in [3.05, 3.63) is 51.2 Å². The van der Waals surface area contributed by atoms with E-state index in [0.717, 1.165) is 10.0 Å². The van der Waals surface area contributed by atoms with Gasteiger partial charge in [0.15, 0.2) is 12.3 Å². The van der Waals surface area contributed by atoms with Crippen LogP contribution < -0.4 is 5.32 Å². The number of carbonyl (C=O) groups excluding carboxylic acids is 2. The lowest BCUT2D eigenvalue weighted by atomic mass is 10.3. The highest BCUT2D eigenvalue weighted by Crippen LogP contribution is 2.26. The Morgan fingerprint density at radius 2 is 2.23 bits per heavy atom. The van der Waals surface area contributed by atoms with E-state index in [1.807, 2.05) is 0 Å². The standard InChI is InChI=1S/C16H12BrClN4O3S/c1-22-6-9(5-19-22)15-21-13(8-26-15)16(24)25-7-14(23)20-12-3-2-10(17)4-11(12)18/h2-6,8H,7H2,1H3,(H,20,23). The molecule has 1 amide bonds. The van der Waals surface area contributed by atoms with Gasteiger partial charge in [-0.2, -0.15) is 5.10 Å². The molecule has 0 saturated carbocycles. The van der Waals surface area contributed by atoms with Gasteiger partial charge in [-0.15, -0.1) is 11.3 Å². The number of anilines is 1. The number of esters is 1. The fraction of sp³-hybridized carbons (Fsp3) is 0.125. The second-order valence-electron chi connectivity index (χ2n) is 5.19. The highest BCUT2D eigenvalue weighted by molar-refractivity contribution is 9.10. The number of nitrogens with one attached hydrogen (secondary N) is 1. The van der Waals surface area contributed by atoms with Crippen molar-refractivity contribution in [2.45, 2.75) is 0 Å². The van der Waals surface area contributed by atoms with Crippen molar-refractivity contribution in [2.24, 2.45) is 7.05 Å². The minimum Gasteiger partial charge on any atom is -0.451 e. The minimum absolute atomic E-state index is 0.142. The molecule has 1 aromatic carbocycles. The van der Waals surface area contributed by atoms with Gasteiger partial charge < -0.3 is 10.1 Å². The van der Waals surface area contributed by atoms with Crippen LogP contribution in [0.2, 0.25) is 5.02 Å². The van der Waals surface area contributed by atoms with Crippen LogP contribution in [0.4, 0.5) is 5.69 Å². The van der Waals surface area contributed by atoms with Gasteiger partial charge in [0.2, 0.25) is 0 Å². The Bertz CT molecular complexity index is 972. The zero-order chi connectivity index (χ0) is 18.7. The number of hydrogen-bond donors (Lipinski definition) is 1. The summed E-state index contributed by atoms with van der Waals surface area (Å²) in [6.07, 6.45) is 3.45. The van der Waals surface area contributed by atoms with E-state index in [1.165, 1.54) is 11.3 Å². The lowest BCUT2D eigenvalue weighted by Gasteiger charge is -2.07. The number of nitrogens with zero attached hydrogens (tertiary/aromatic N) is 3. The summed E-state index contributed by atoms with van der Waals surface area (Å²) in [5.41, 5.74) is 1.38. The molecule has 2 heterocycles. The van der Waals surface area contributed by atoms with E-state index in [-0.39, 0.29) is 5.69 Å². The molecular weight excluding hydrogens is 444 g/mol. The number of benzene rings is 1. The van der Waals surface area contributed by atoms with E-state index < -0.39 is 18.5 Å². The van der Waals surface area contributed by atoms with Crippen LogP contribution in [-0.2, 0) is 16.6 Å². The summed E-state index contributed by atoms with van der Waals surface area (Å²) in [5.74, 6) is -1.17.